The van der Waals surface area contributed by atoms with Gasteiger partial charge in [0.1, 0.15) is 6.04 Å². The molecule has 1 unspecified atom stereocenters. The van der Waals surface area contributed by atoms with Gasteiger partial charge in [-0.2, -0.15) is 0 Å². The van der Waals surface area contributed by atoms with Crippen molar-refractivity contribution in [2.75, 3.05) is 17.4 Å². The lowest BCUT2D eigenvalue weighted by atomic mass is 10.1. The first kappa shape index (κ1) is 19.1. The molecule has 3 N–H and O–H groups in total. The molecule has 1 heterocycles. The molecular formula is C20H21N5O3. The summed E-state index contributed by atoms with van der Waals surface area (Å²) >= 11 is 0. The number of benzene rings is 2. The number of anilines is 2. The number of rotatable bonds is 4. The summed E-state index contributed by atoms with van der Waals surface area (Å²) in [6.07, 6.45) is 0. The van der Waals surface area contributed by atoms with Crippen molar-refractivity contribution in [3.05, 3.63) is 59.7 Å². The maximum absolute atomic E-state index is 12.7. The fourth-order valence-electron chi connectivity index (χ4n) is 2.77. The third kappa shape index (κ3) is 3.85. The highest BCUT2D eigenvalue weighted by Crippen LogP contribution is 2.19. The maximum Gasteiger partial charge on any atom is 0.292 e. The summed E-state index contributed by atoms with van der Waals surface area (Å²) in [5.74, 6) is -0.902. The number of para-hydroxylation sites is 1. The lowest BCUT2D eigenvalue weighted by molar-refractivity contribution is -0.120. The number of nitrogens with zero attached hydrogens (tertiary/aromatic N) is 2. The van der Waals surface area contributed by atoms with Crippen LogP contribution in [0.3, 0.4) is 0 Å². The van der Waals surface area contributed by atoms with E-state index in [1.807, 2.05) is 6.07 Å². The quantitative estimate of drug-likeness (QED) is 0.751. The van der Waals surface area contributed by atoms with E-state index in [-0.39, 0.29) is 17.6 Å². The smallest absolute Gasteiger partial charge is 0.292 e. The van der Waals surface area contributed by atoms with Crippen molar-refractivity contribution >= 4 is 34.9 Å². The summed E-state index contributed by atoms with van der Waals surface area (Å²) in [5, 5.41) is 6.64. The summed E-state index contributed by atoms with van der Waals surface area (Å²) in [4.78, 5) is 41.0. The van der Waals surface area contributed by atoms with Crippen molar-refractivity contribution in [2.24, 2.45) is 4.99 Å². The number of hydrazine groups is 1. The number of hydrogen-bond acceptors (Lipinski definition) is 5. The van der Waals surface area contributed by atoms with Crippen molar-refractivity contribution in [1.82, 2.24) is 10.7 Å². The minimum atomic E-state index is -0.695. The van der Waals surface area contributed by atoms with Crippen LogP contribution in [0.1, 0.15) is 22.8 Å². The van der Waals surface area contributed by atoms with Crippen LogP contribution in [0.15, 0.2) is 53.5 Å². The fourth-order valence-corrected chi connectivity index (χ4v) is 2.77. The van der Waals surface area contributed by atoms with E-state index in [1.54, 1.807) is 63.4 Å². The molecule has 3 amide bonds. The second kappa shape index (κ2) is 7.91. The summed E-state index contributed by atoms with van der Waals surface area (Å²) in [6.45, 7) is 3.43. The molecule has 0 saturated carbocycles. The van der Waals surface area contributed by atoms with E-state index in [4.69, 9.17) is 0 Å². The molecule has 1 aliphatic rings. The van der Waals surface area contributed by atoms with Gasteiger partial charge in [-0.15, -0.1) is 0 Å². The topological polar surface area (TPSA) is 103 Å². The van der Waals surface area contributed by atoms with E-state index in [1.165, 1.54) is 5.01 Å². The first-order chi connectivity index (χ1) is 13.4. The van der Waals surface area contributed by atoms with Crippen LogP contribution in [0.25, 0.3) is 0 Å². The Morgan fingerprint density at radius 1 is 1.11 bits per heavy atom. The Balaban J connectivity index is 1.80. The van der Waals surface area contributed by atoms with Crippen LogP contribution in [0.5, 0.6) is 0 Å². The Labute approximate surface area is 162 Å². The third-order valence-corrected chi connectivity index (χ3v) is 4.31. The van der Waals surface area contributed by atoms with Crippen LogP contribution in [0.2, 0.25) is 0 Å². The van der Waals surface area contributed by atoms with Gasteiger partial charge < -0.3 is 10.6 Å². The van der Waals surface area contributed by atoms with Gasteiger partial charge in [-0.3, -0.25) is 19.8 Å². The highest BCUT2D eigenvalue weighted by molar-refractivity contribution is 6.43. The van der Waals surface area contributed by atoms with Crippen molar-refractivity contribution in [3.8, 4) is 0 Å². The minimum Gasteiger partial charge on any atom is -0.355 e. The predicted molar refractivity (Wildman–Crippen MR) is 107 cm³/mol. The molecule has 3 rings (SSSR count). The largest absolute Gasteiger partial charge is 0.355 e. The van der Waals surface area contributed by atoms with Crippen LogP contribution >= 0.6 is 0 Å². The Morgan fingerprint density at radius 2 is 1.82 bits per heavy atom. The zero-order valence-corrected chi connectivity index (χ0v) is 15.8. The van der Waals surface area contributed by atoms with E-state index in [2.05, 4.69) is 21.1 Å². The Hall–Kier alpha value is -3.68. The molecule has 0 bridgehead atoms. The average Bonchev–Trinajstić information content (AvgIpc) is 2.71. The zero-order valence-electron chi connectivity index (χ0n) is 15.8. The molecule has 8 heteroatoms. The van der Waals surface area contributed by atoms with Gasteiger partial charge in [0.2, 0.25) is 5.84 Å². The summed E-state index contributed by atoms with van der Waals surface area (Å²) in [6, 6.07) is 13.3. The molecular weight excluding hydrogens is 358 g/mol. The van der Waals surface area contributed by atoms with Gasteiger partial charge >= 0.3 is 0 Å². The molecule has 1 atom stereocenters. The number of hydrogen-bond donors (Lipinski definition) is 3. The second-order valence-corrected chi connectivity index (χ2v) is 6.34. The Kier molecular flexibility index (Phi) is 5.39. The van der Waals surface area contributed by atoms with Gasteiger partial charge in [0, 0.05) is 18.3 Å². The molecule has 0 aromatic heterocycles. The zero-order chi connectivity index (χ0) is 20.3. The molecule has 8 nitrogen and oxygen atoms in total. The molecule has 2 aromatic rings. The van der Waals surface area contributed by atoms with Crippen molar-refractivity contribution in [1.29, 1.82) is 0 Å². The van der Waals surface area contributed by atoms with E-state index in [0.717, 1.165) is 5.56 Å². The number of amides is 3. The predicted octanol–water partition coefficient (Wildman–Crippen LogP) is 1.63. The van der Waals surface area contributed by atoms with E-state index >= 15 is 0 Å². The number of amidine groups is 1. The van der Waals surface area contributed by atoms with Gasteiger partial charge in [0.25, 0.3) is 17.7 Å². The number of carbonyl (C=O) groups excluding carboxylic acids is 3. The molecule has 0 saturated heterocycles. The highest BCUT2D eigenvalue weighted by Gasteiger charge is 2.30. The first-order valence-corrected chi connectivity index (χ1v) is 8.78. The summed E-state index contributed by atoms with van der Waals surface area (Å²) < 4.78 is 0. The second-order valence-electron chi connectivity index (χ2n) is 6.34. The van der Waals surface area contributed by atoms with Crippen LogP contribution < -0.4 is 21.1 Å². The van der Waals surface area contributed by atoms with Crippen molar-refractivity contribution in [2.45, 2.75) is 19.9 Å². The fraction of sp³-hybridized carbons (Fsp3) is 0.200. The Bertz CT molecular complexity index is 956. The summed E-state index contributed by atoms with van der Waals surface area (Å²) in [5.41, 5.74) is 5.19. The standard InChI is InChI=1S/C20H21N5O3/c1-12-11-14(18(26)21-3)9-10-16(12)23-19(27)17-22-13(2)20(28)25(24-17)15-7-5-4-6-8-15/h4-11,13H,1-3H3,(H,21,26)(H,22,24)(H,23,27). The highest BCUT2D eigenvalue weighted by atomic mass is 16.2. The SMILES string of the molecule is CNC(=O)c1ccc(NC(=O)C2=NC(C)C(=O)N(c3ccccc3)N2)c(C)c1. The molecule has 28 heavy (non-hydrogen) atoms. The Morgan fingerprint density at radius 3 is 2.46 bits per heavy atom. The van der Waals surface area contributed by atoms with Gasteiger partial charge in [0.15, 0.2) is 0 Å². The number of aryl methyl sites for hydroxylation is 1. The van der Waals surface area contributed by atoms with Crippen molar-refractivity contribution < 1.29 is 14.4 Å². The van der Waals surface area contributed by atoms with Crippen LogP contribution in [0, 0.1) is 6.92 Å². The molecule has 144 valence electrons. The molecule has 0 radical (unpaired) electrons. The summed E-state index contributed by atoms with van der Waals surface area (Å²) in [7, 11) is 1.56. The number of aliphatic imine (C=N–C) groups is 1. The normalized spacial score (nSPS) is 16.1. The van der Waals surface area contributed by atoms with Crippen LogP contribution in [-0.4, -0.2) is 36.6 Å². The number of nitrogens with one attached hydrogen (secondary N) is 3. The van der Waals surface area contributed by atoms with E-state index in [9.17, 15) is 14.4 Å². The minimum absolute atomic E-state index is 0.0331. The van der Waals surface area contributed by atoms with Crippen molar-refractivity contribution in [3.63, 3.8) is 0 Å². The van der Waals surface area contributed by atoms with Gasteiger partial charge in [-0.25, -0.2) is 10.0 Å². The first-order valence-electron chi connectivity index (χ1n) is 8.78. The molecule has 0 aliphatic carbocycles. The number of carbonyl (C=O) groups is 3. The molecule has 2 aromatic carbocycles. The monoisotopic (exact) mass is 379 g/mol. The van der Waals surface area contributed by atoms with Gasteiger partial charge in [0.05, 0.1) is 5.69 Å². The maximum atomic E-state index is 12.7. The van der Waals surface area contributed by atoms with E-state index < -0.39 is 11.9 Å². The van der Waals surface area contributed by atoms with Gasteiger partial charge in [-0.05, 0) is 49.7 Å². The third-order valence-electron chi connectivity index (χ3n) is 4.31. The molecule has 0 spiro atoms. The molecule has 1 aliphatic heterocycles. The van der Waals surface area contributed by atoms with Crippen LogP contribution in [0.4, 0.5) is 11.4 Å². The van der Waals surface area contributed by atoms with E-state index in [0.29, 0.717) is 16.9 Å². The lowest BCUT2D eigenvalue weighted by Gasteiger charge is -2.30. The van der Waals surface area contributed by atoms with Crippen LogP contribution in [-0.2, 0) is 9.59 Å². The average molecular weight is 379 g/mol. The lowest BCUT2D eigenvalue weighted by Crippen LogP contribution is -2.57. The molecule has 0 fully saturated rings. The van der Waals surface area contributed by atoms with Gasteiger partial charge in [-0.1, -0.05) is 18.2 Å².